The molecule has 0 fully saturated rings. The molecule has 0 radical (unpaired) electrons. The number of carbonyl (C=O) groups is 1. The van der Waals surface area contributed by atoms with Gasteiger partial charge in [0, 0.05) is 18.0 Å². The topological polar surface area (TPSA) is 45.5 Å². The molecule has 0 aliphatic rings. The van der Waals surface area contributed by atoms with Gasteiger partial charge in [0.05, 0.1) is 0 Å². The molecule has 1 N–H and O–H groups in total. The Labute approximate surface area is 119 Å². The number of furan rings is 1. The van der Waals surface area contributed by atoms with Crippen molar-refractivity contribution in [2.75, 3.05) is 27.2 Å². The van der Waals surface area contributed by atoms with Crippen molar-refractivity contribution >= 4 is 23.0 Å². The number of carbonyl (C=O) groups excluding carboxylic acids is 1. The molecule has 1 aromatic carbocycles. The van der Waals surface area contributed by atoms with Crippen LogP contribution in [-0.2, 0) is 4.79 Å². The Morgan fingerprint density at radius 1 is 1.35 bits per heavy atom. The molecular formula is C16H20N2O2. The molecule has 4 heteroatoms. The van der Waals surface area contributed by atoms with Crippen LogP contribution >= 0.6 is 0 Å². The molecule has 106 valence electrons. The van der Waals surface area contributed by atoms with Crippen molar-refractivity contribution in [1.29, 1.82) is 0 Å². The summed E-state index contributed by atoms with van der Waals surface area (Å²) in [6.07, 6.45) is 4.14. The summed E-state index contributed by atoms with van der Waals surface area (Å²) in [6.45, 7) is 1.65. The van der Waals surface area contributed by atoms with Gasteiger partial charge in [-0.05, 0) is 45.3 Å². The van der Waals surface area contributed by atoms with E-state index in [1.54, 1.807) is 6.08 Å². The molecule has 20 heavy (non-hydrogen) atoms. The van der Waals surface area contributed by atoms with Crippen LogP contribution in [0.5, 0.6) is 0 Å². The Morgan fingerprint density at radius 3 is 2.90 bits per heavy atom. The summed E-state index contributed by atoms with van der Waals surface area (Å²) in [7, 11) is 4.03. The predicted molar refractivity (Wildman–Crippen MR) is 81.4 cm³/mol. The number of nitrogens with one attached hydrogen (secondary N) is 1. The molecule has 4 nitrogen and oxygen atoms in total. The number of benzene rings is 1. The lowest BCUT2D eigenvalue weighted by molar-refractivity contribution is -0.116. The second kappa shape index (κ2) is 6.91. The zero-order valence-corrected chi connectivity index (χ0v) is 11.9. The van der Waals surface area contributed by atoms with Crippen molar-refractivity contribution < 1.29 is 9.21 Å². The minimum atomic E-state index is -0.0933. The zero-order chi connectivity index (χ0) is 14.4. The monoisotopic (exact) mass is 272 g/mol. The minimum absolute atomic E-state index is 0.0933. The zero-order valence-electron chi connectivity index (χ0n) is 11.9. The summed E-state index contributed by atoms with van der Waals surface area (Å²) >= 11 is 0. The van der Waals surface area contributed by atoms with Gasteiger partial charge in [-0.15, -0.1) is 0 Å². The largest absolute Gasteiger partial charge is 0.457 e. The maximum atomic E-state index is 11.6. The van der Waals surface area contributed by atoms with Gasteiger partial charge in [-0.1, -0.05) is 18.2 Å². The third-order valence-corrected chi connectivity index (χ3v) is 2.92. The third kappa shape index (κ3) is 4.24. The van der Waals surface area contributed by atoms with Crippen molar-refractivity contribution in [3.63, 3.8) is 0 Å². The van der Waals surface area contributed by atoms with Gasteiger partial charge in [-0.2, -0.15) is 0 Å². The maximum Gasteiger partial charge on any atom is 0.244 e. The molecule has 0 aliphatic heterocycles. The molecule has 1 heterocycles. The van der Waals surface area contributed by atoms with Crippen LogP contribution in [0.4, 0.5) is 0 Å². The van der Waals surface area contributed by atoms with Gasteiger partial charge in [-0.25, -0.2) is 0 Å². The second-order valence-corrected chi connectivity index (χ2v) is 4.97. The summed E-state index contributed by atoms with van der Waals surface area (Å²) in [4.78, 5) is 13.7. The molecule has 2 aromatic rings. The molecule has 0 aliphatic carbocycles. The summed E-state index contributed by atoms with van der Waals surface area (Å²) in [5.74, 6) is 0.596. The molecule has 0 unspecified atom stereocenters. The van der Waals surface area contributed by atoms with Gasteiger partial charge in [0.15, 0.2) is 0 Å². The van der Waals surface area contributed by atoms with Gasteiger partial charge in [0.2, 0.25) is 5.91 Å². The highest BCUT2D eigenvalue weighted by Crippen LogP contribution is 2.19. The summed E-state index contributed by atoms with van der Waals surface area (Å²) in [6, 6.07) is 9.70. The minimum Gasteiger partial charge on any atom is -0.457 e. The number of rotatable bonds is 6. The fourth-order valence-electron chi connectivity index (χ4n) is 1.91. The van der Waals surface area contributed by atoms with Crippen LogP contribution in [0.2, 0.25) is 0 Å². The van der Waals surface area contributed by atoms with E-state index >= 15 is 0 Å². The van der Waals surface area contributed by atoms with E-state index in [1.165, 1.54) is 6.08 Å². The first-order valence-electron chi connectivity index (χ1n) is 6.74. The summed E-state index contributed by atoms with van der Waals surface area (Å²) < 4.78 is 5.60. The van der Waals surface area contributed by atoms with Crippen LogP contribution in [0.3, 0.4) is 0 Å². The van der Waals surface area contributed by atoms with Gasteiger partial charge in [0.25, 0.3) is 0 Å². The van der Waals surface area contributed by atoms with E-state index in [0.717, 1.165) is 23.9 Å². The Morgan fingerprint density at radius 2 is 2.15 bits per heavy atom. The van der Waals surface area contributed by atoms with Crippen molar-refractivity contribution in [1.82, 2.24) is 10.2 Å². The average molecular weight is 272 g/mol. The molecule has 1 amide bonds. The van der Waals surface area contributed by atoms with Gasteiger partial charge < -0.3 is 14.6 Å². The smallest absolute Gasteiger partial charge is 0.244 e. The van der Waals surface area contributed by atoms with E-state index in [1.807, 2.05) is 44.4 Å². The van der Waals surface area contributed by atoms with Crippen LogP contribution < -0.4 is 5.32 Å². The number of nitrogens with zero attached hydrogens (tertiary/aromatic N) is 1. The Balaban J connectivity index is 1.84. The summed E-state index contributed by atoms with van der Waals surface area (Å²) in [5, 5.41) is 3.89. The fraction of sp³-hybridized carbons (Fsp3) is 0.312. The van der Waals surface area contributed by atoms with Crippen molar-refractivity contribution in [3.8, 4) is 0 Å². The normalized spacial score (nSPS) is 11.6. The van der Waals surface area contributed by atoms with Crippen LogP contribution in [0.25, 0.3) is 17.0 Å². The average Bonchev–Trinajstić information content (AvgIpc) is 2.84. The lowest BCUT2D eigenvalue weighted by atomic mass is 10.2. The number of para-hydroxylation sites is 1. The first kappa shape index (κ1) is 14.3. The van der Waals surface area contributed by atoms with Gasteiger partial charge >= 0.3 is 0 Å². The Hall–Kier alpha value is -2.07. The van der Waals surface area contributed by atoms with E-state index in [9.17, 15) is 4.79 Å². The lowest BCUT2D eigenvalue weighted by Crippen LogP contribution is -2.25. The molecule has 0 saturated carbocycles. The van der Waals surface area contributed by atoms with Crippen LogP contribution in [-0.4, -0.2) is 38.0 Å². The molecule has 0 atom stereocenters. The van der Waals surface area contributed by atoms with Crippen LogP contribution in [0, 0.1) is 0 Å². The number of fused-ring (bicyclic) bond motifs is 1. The van der Waals surface area contributed by atoms with E-state index in [4.69, 9.17) is 4.42 Å². The molecular weight excluding hydrogens is 252 g/mol. The number of amides is 1. The van der Waals surface area contributed by atoms with Crippen molar-refractivity contribution in [3.05, 3.63) is 42.2 Å². The predicted octanol–water partition coefficient (Wildman–Crippen LogP) is 2.51. The van der Waals surface area contributed by atoms with E-state index in [2.05, 4.69) is 10.2 Å². The van der Waals surface area contributed by atoms with Gasteiger partial charge in [0.1, 0.15) is 11.3 Å². The first-order valence-corrected chi connectivity index (χ1v) is 6.74. The van der Waals surface area contributed by atoms with Crippen LogP contribution in [0.15, 0.2) is 40.8 Å². The second-order valence-electron chi connectivity index (χ2n) is 4.97. The highest BCUT2D eigenvalue weighted by Gasteiger charge is 2.00. The maximum absolute atomic E-state index is 11.6. The quantitative estimate of drug-likeness (QED) is 0.649. The Bertz CT molecular complexity index is 566. The standard InChI is InChI=1S/C16H20N2O2/c1-18(2)11-5-10-17-16(19)9-8-14-12-13-6-3-4-7-15(13)20-14/h3-4,6-9,12H,5,10-11H2,1-2H3,(H,17,19)/b9-8+. The van der Waals surface area contributed by atoms with Crippen molar-refractivity contribution in [2.24, 2.45) is 0 Å². The van der Waals surface area contributed by atoms with E-state index in [-0.39, 0.29) is 5.91 Å². The van der Waals surface area contributed by atoms with E-state index in [0.29, 0.717) is 12.3 Å². The summed E-state index contributed by atoms with van der Waals surface area (Å²) in [5.41, 5.74) is 0.832. The highest BCUT2D eigenvalue weighted by molar-refractivity contribution is 5.92. The molecule has 0 saturated heterocycles. The fourth-order valence-corrected chi connectivity index (χ4v) is 1.91. The number of hydrogen-bond donors (Lipinski definition) is 1. The molecule has 2 rings (SSSR count). The Kier molecular flexibility index (Phi) is 4.96. The molecule has 1 aromatic heterocycles. The SMILES string of the molecule is CN(C)CCCNC(=O)/C=C/c1cc2ccccc2o1. The third-order valence-electron chi connectivity index (χ3n) is 2.92. The first-order chi connectivity index (χ1) is 9.65. The van der Waals surface area contributed by atoms with Crippen molar-refractivity contribution in [2.45, 2.75) is 6.42 Å². The molecule has 0 spiro atoms. The lowest BCUT2D eigenvalue weighted by Gasteiger charge is -2.08. The van der Waals surface area contributed by atoms with E-state index < -0.39 is 0 Å². The highest BCUT2D eigenvalue weighted by atomic mass is 16.3. The van der Waals surface area contributed by atoms with Gasteiger partial charge in [-0.3, -0.25) is 4.79 Å². The van der Waals surface area contributed by atoms with Crippen LogP contribution in [0.1, 0.15) is 12.2 Å². The number of hydrogen-bond acceptors (Lipinski definition) is 3. The molecule has 0 bridgehead atoms.